The molecule has 0 fully saturated rings. The van der Waals surface area contributed by atoms with Crippen LogP contribution in [0.1, 0.15) is 0 Å². The van der Waals surface area contributed by atoms with Crippen LogP contribution in [0, 0.1) is 0 Å². The molecule has 130 valence electrons. The Kier molecular flexibility index (Phi) is 4.94. The van der Waals surface area contributed by atoms with Crippen molar-refractivity contribution in [2.45, 2.75) is 9.79 Å². The lowest BCUT2D eigenvalue weighted by Crippen LogP contribution is -1.91. The number of benzene rings is 2. The zero-order valence-corrected chi connectivity index (χ0v) is 16.7. The summed E-state index contributed by atoms with van der Waals surface area (Å²) < 4.78 is 2.02. The average molecular weight is 398 g/mol. The Labute approximate surface area is 165 Å². The van der Waals surface area contributed by atoms with Crippen LogP contribution in [0.2, 0.25) is 5.02 Å². The van der Waals surface area contributed by atoms with E-state index in [9.17, 15) is 0 Å². The standard InChI is InChI=1S/C20H16ClN3S2/c1-25-15-7-4-13(5-8-15)18-19(24-11-3-10-22-20(24)23-18)14-6-9-17(26-2)16(21)12-14/h3-12H,1-2H3. The van der Waals surface area contributed by atoms with E-state index in [1.807, 2.05) is 29.0 Å². The lowest BCUT2D eigenvalue weighted by Gasteiger charge is -2.08. The summed E-state index contributed by atoms with van der Waals surface area (Å²) in [6.07, 6.45) is 7.85. The predicted molar refractivity (Wildman–Crippen MR) is 112 cm³/mol. The maximum Gasteiger partial charge on any atom is 0.234 e. The van der Waals surface area contributed by atoms with Gasteiger partial charge in [0, 0.05) is 33.3 Å². The van der Waals surface area contributed by atoms with Crippen molar-refractivity contribution in [2.24, 2.45) is 0 Å². The van der Waals surface area contributed by atoms with Gasteiger partial charge in [0.1, 0.15) is 0 Å². The van der Waals surface area contributed by atoms with Crippen LogP contribution in [0.4, 0.5) is 0 Å². The third-order valence-corrected chi connectivity index (χ3v) is 6.16. The fraction of sp³-hybridized carbons (Fsp3) is 0.100. The van der Waals surface area contributed by atoms with Gasteiger partial charge >= 0.3 is 0 Å². The number of fused-ring (bicyclic) bond motifs is 1. The maximum absolute atomic E-state index is 6.47. The summed E-state index contributed by atoms with van der Waals surface area (Å²) in [4.78, 5) is 11.5. The summed E-state index contributed by atoms with van der Waals surface area (Å²) >= 11 is 9.83. The van der Waals surface area contributed by atoms with Crippen molar-refractivity contribution in [1.29, 1.82) is 0 Å². The van der Waals surface area contributed by atoms with Gasteiger partial charge < -0.3 is 0 Å². The zero-order chi connectivity index (χ0) is 18.1. The van der Waals surface area contributed by atoms with Crippen LogP contribution in [0.5, 0.6) is 0 Å². The van der Waals surface area contributed by atoms with Gasteiger partial charge in [-0.05, 0) is 42.8 Å². The van der Waals surface area contributed by atoms with Crippen LogP contribution in [0.25, 0.3) is 28.3 Å². The molecule has 26 heavy (non-hydrogen) atoms. The van der Waals surface area contributed by atoms with Crippen molar-refractivity contribution in [3.8, 4) is 22.5 Å². The first kappa shape index (κ1) is 17.5. The van der Waals surface area contributed by atoms with Gasteiger partial charge in [-0.1, -0.05) is 29.8 Å². The van der Waals surface area contributed by atoms with Crippen molar-refractivity contribution in [1.82, 2.24) is 14.4 Å². The second kappa shape index (κ2) is 7.35. The number of nitrogens with zero attached hydrogens (tertiary/aromatic N) is 3. The van der Waals surface area contributed by atoms with E-state index in [2.05, 4.69) is 47.6 Å². The molecular formula is C20H16ClN3S2. The van der Waals surface area contributed by atoms with Crippen LogP contribution >= 0.6 is 35.1 Å². The van der Waals surface area contributed by atoms with Gasteiger partial charge in [-0.15, -0.1) is 23.5 Å². The summed E-state index contributed by atoms with van der Waals surface area (Å²) in [6, 6.07) is 16.5. The predicted octanol–water partition coefficient (Wildman–Crippen LogP) is 6.16. The van der Waals surface area contributed by atoms with Crippen molar-refractivity contribution < 1.29 is 0 Å². The molecule has 4 rings (SSSR count). The first-order chi connectivity index (χ1) is 12.7. The quantitative estimate of drug-likeness (QED) is 0.386. The van der Waals surface area contributed by atoms with E-state index < -0.39 is 0 Å². The Morgan fingerprint density at radius 3 is 2.42 bits per heavy atom. The summed E-state index contributed by atoms with van der Waals surface area (Å²) in [5.74, 6) is 0.677. The second-order valence-electron chi connectivity index (χ2n) is 5.68. The summed E-state index contributed by atoms with van der Waals surface area (Å²) in [5, 5.41) is 0.748. The molecular weight excluding hydrogens is 382 g/mol. The number of hydrogen-bond acceptors (Lipinski definition) is 4. The van der Waals surface area contributed by atoms with E-state index in [-0.39, 0.29) is 0 Å². The Bertz CT molecular complexity index is 1070. The molecule has 0 radical (unpaired) electrons. The topological polar surface area (TPSA) is 30.2 Å². The van der Waals surface area contributed by atoms with E-state index >= 15 is 0 Å². The molecule has 0 amide bonds. The highest BCUT2D eigenvalue weighted by Gasteiger charge is 2.17. The van der Waals surface area contributed by atoms with Crippen molar-refractivity contribution >= 4 is 40.9 Å². The molecule has 0 aliphatic heterocycles. The van der Waals surface area contributed by atoms with Crippen molar-refractivity contribution in [2.75, 3.05) is 12.5 Å². The van der Waals surface area contributed by atoms with E-state index in [0.717, 1.165) is 32.4 Å². The molecule has 0 saturated heterocycles. The number of rotatable bonds is 4. The van der Waals surface area contributed by atoms with E-state index in [1.54, 1.807) is 29.7 Å². The molecule has 0 saturated carbocycles. The van der Waals surface area contributed by atoms with Gasteiger partial charge in [0.15, 0.2) is 0 Å². The van der Waals surface area contributed by atoms with Crippen LogP contribution < -0.4 is 0 Å². The Morgan fingerprint density at radius 2 is 1.73 bits per heavy atom. The van der Waals surface area contributed by atoms with E-state index in [0.29, 0.717) is 5.78 Å². The summed E-state index contributed by atoms with van der Waals surface area (Å²) in [6.45, 7) is 0. The molecule has 0 spiro atoms. The molecule has 3 nitrogen and oxygen atoms in total. The molecule has 0 atom stereocenters. The third-order valence-electron chi connectivity index (χ3n) is 4.19. The monoisotopic (exact) mass is 397 g/mol. The van der Waals surface area contributed by atoms with Crippen LogP contribution in [-0.4, -0.2) is 26.9 Å². The van der Waals surface area contributed by atoms with Crippen molar-refractivity contribution in [3.63, 3.8) is 0 Å². The van der Waals surface area contributed by atoms with Crippen LogP contribution in [0.3, 0.4) is 0 Å². The molecule has 6 heteroatoms. The van der Waals surface area contributed by atoms with Crippen molar-refractivity contribution in [3.05, 3.63) is 65.9 Å². The molecule has 2 aromatic carbocycles. The molecule has 4 aromatic rings. The van der Waals surface area contributed by atoms with Gasteiger partial charge in [-0.25, -0.2) is 9.97 Å². The number of halogens is 1. The number of hydrogen-bond donors (Lipinski definition) is 0. The Balaban J connectivity index is 1.96. The number of thioether (sulfide) groups is 2. The Morgan fingerprint density at radius 1 is 0.962 bits per heavy atom. The minimum Gasteiger partial charge on any atom is -0.283 e. The van der Waals surface area contributed by atoms with Crippen LogP contribution in [-0.2, 0) is 0 Å². The van der Waals surface area contributed by atoms with Gasteiger partial charge in [-0.2, -0.15) is 0 Å². The highest BCUT2D eigenvalue weighted by molar-refractivity contribution is 7.98. The van der Waals surface area contributed by atoms with E-state index in [1.165, 1.54) is 4.90 Å². The SMILES string of the molecule is CSc1ccc(-c2nc3ncccn3c2-c2ccc(SC)c(Cl)c2)cc1. The first-order valence-corrected chi connectivity index (χ1v) is 10.9. The molecule has 0 unspecified atom stereocenters. The zero-order valence-electron chi connectivity index (χ0n) is 14.3. The van der Waals surface area contributed by atoms with Crippen LogP contribution in [0.15, 0.2) is 70.7 Å². The maximum atomic E-state index is 6.47. The second-order valence-corrected chi connectivity index (χ2v) is 7.81. The Hall–Kier alpha value is -1.95. The summed E-state index contributed by atoms with van der Waals surface area (Å²) in [7, 11) is 0. The first-order valence-electron chi connectivity index (χ1n) is 8.02. The molecule has 0 aliphatic rings. The average Bonchev–Trinajstić information content (AvgIpc) is 3.07. The van der Waals surface area contributed by atoms with Gasteiger partial charge in [0.25, 0.3) is 0 Å². The highest BCUT2D eigenvalue weighted by atomic mass is 35.5. The lowest BCUT2D eigenvalue weighted by atomic mass is 10.0. The number of imidazole rings is 1. The molecule has 0 N–H and O–H groups in total. The highest BCUT2D eigenvalue weighted by Crippen LogP contribution is 2.36. The van der Waals surface area contributed by atoms with Gasteiger partial charge in [0.2, 0.25) is 5.78 Å². The third kappa shape index (κ3) is 3.11. The van der Waals surface area contributed by atoms with Gasteiger partial charge in [-0.3, -0.25) is 4.40 Å². The molecule has 0 aliphatic carbocycles. The normalized spacial score (nSPS) is 11.2. The molecule has 2 heterocycles. The summed E-state index contributed by atoms with van der Waals surface area (Å²) in [5.41, 5.74) is 3.99. The number of aromatic nitrogens is 3. The smallest absolute Gasteiger partial charge is 0.234 e. The van der Waals surface area contributed by atoms with E-state index in [4.69, 9.17) is 16.6 Å². The minimum atomic E-state index is 0.677. The minimum absolute atomic E-state index is 0.677. The molecule has 0 bridgehead atoms. The molecule has 2 aromatic heterocycles. The van der Waals surface area contributed by atoms with Gasteiger partial charge in [0.05, 0.1) is 16.4 Å². The fourth-order valence-electron chi connectivity index (χ4n) is 2.93. The largest absolute Gasteiger partial charge is 0.283 e. The lowest BCUT2D eigenvalue weighted by molar-refractivity contribution is 1.11. The fourth-order valence-corrected chi connectivity index (χ4v) is 4.21.